The number of nitrogens with zero attached hydrogens (tertiary/aromatic N) is 1. The van der Waals surface area contributed by atoms with Crippen LogP contribution in [0, 0.1) is 5.82 Å². The van der Waals surface area contributed by atoms with Gasteiger partial charge in [0, 0.05) is 18.7 Å². The highest BCUT2D eigenvalue weighted by atomic mass is 35.5. The van der Waals surface area contributed by atoms with Gasteiger partial charge in [-0.25, -0.2) is 9.82 Å². The van der Waals surface area contributed by atoms with Crippen molar-refractivity contribution >= 4 is 29.6 Å². The molecule has 1 aromatic carbocycles. The van der Waals surface area contributed by atoms with E-state index in [9.17, 15) is 14.0 Å². The van der Waals surface area contributed by atoms with Crippen molar-refractivity contribution < 1.29 is 18.7 Å². The Morgan fingerprint density at radius 2 is 2.27 bits per heavy atom. The minimum atomic E-state index is -0.943. The molecule has 1 aliphatic heterocycles. The van der Waals surface area contributed by atoms with Crippen molar-refractivity contribution in [3.8, 4) is 0 Å². The highest BCUT2D eigenvalue weighted by Crippen LogP contribution is 2.16. The lowest BCUT2D eigenvalue weighted by Gasteiger charge is -2.09. The Kier molecular flexibility index (Phi) is 5.85. The average molecular weight is 328 g/mol. The number of carbonyl (C=O) groups excluding carboxylic acids is 2. The van der Waals surface area contributed by atoms with Crippen LogP contribution in [-0.4, -0.2) is 37.3 Å². The number of rotatable bonds is 4. The summed E-state index contributed by atoms with van der Waals surface area (Å²) in [6, 6.07) is 4.15. The Hall–Kier alpha value is -1.99. The molecule has 22 heavy (non-hydrogen) atoms. The lowest BCUT2D eigenvalue weighted by molar-refractivity contribution is -0.139. The largest absolute Gasteiger partial charge is 0.376 e. The maximum absolute atomic E-state index is 13.4. The van der Waals surface area contributed by atoms with Gasteiger partial charge >= 0.3 is 11.8 Å². The summed E-state index contributed by atoms with van der Waals surface area (Å²) < 4.78 is 18.8. The first kappa shape index (κ1) is 16.4. The predicted molar refractivity (Wildman–Crippen MR) is 79.1 cm³/mol. The third kappa shape index (κ3) is 4.51. The van der Waals surface area contributed by atoms with Crippen LogP contribution in [0.15, 0.2) is 23.3 Å². The highest BCUT2D eigenvalue weighted by molar-refractivity contribution is 6.35. The number of halogens is 2. The SMILES string of the molecule is O=C(NC[C@H]1CCCO1)C(=O)N/N=C\c1c(F)cccc1Cl. The second-order valence-electron chi connectivity index (χ2n) is 4.68. The smallest absolute Gasteiger partial charge is 0.329 e. The van der Waals surface area contributed by atoms with Gasteiger partial charge in [0.15, 0.2) is 0 Å². The van der Waals surface area contributed by atoms with Crippen LogP contribution in [-0.2, 0) is 14.3 Å². The van der Waals surface area contributed by atoms with E-state index in [0.717, 1.165) is 19.1 Å². The van der Waals surface area contributed by atoms with Gasteiger partial charge in [-0.2, -0.15) is 5.10 Å². The number of hydrogen-bond donors (Lipinski definition) is 2. The van der Waals surface area contributed by atoms with Gasteiger partial charge in [-0.3, -0.25) is 9.59 Å². The molecule has 0 saturated carbocycles. The molecule has 2 N–H and O–H groups in total. The fourth-order valence-corrected chi connectivity index (χ4v) is 2.14. The number of nitrogens with one attached hydrogen (secondary N) is 2. The zero-order valence-electron chi connectivity index (χ0n) is 11.6. The molecule has 0 aromatic heterocycles. The fraction of sp³-hybridized carbons (Fsp3) is 0.357. The number of hydrogen-bond acceptors (Lipinski definition) is 4. The first-order valence-electron chi connectivity index (χ1n) is 6.75. The first-order chi connectivity index (χ1) is 10.6. The fourth-order valence-electron chi connectivity index (χ4n) is 1.93. The summed E-state index contributed by atoms with van der Waals surface area (Å²) in [5.74, 6) is -2.35. The van der Waals surface area contributed by atoms with E-state index in [0.29, 0.717) is 6.61 Å². The van der Waals surface area contributed by atoms with Gasteiger partial charge in [0.2, 0.25) is 0 Å². The number of hydrazone groups is 1. The molecule has 2 amide bonds. The molecule has 6 nitrogen and oxygen atoms in total. The van der Waals surface area contributed by atoms with Crippen LogP contribution < -0.4 is 10.7 Å². The van der Waals surface area contributed by atoms with Crippen LogP contribution in [0.3, 0.4) is 0 Å². The van der Waals surface area contributed by atoms with E-state index in [1.54, 1.807) is 0 Å². The van der Waals surface area contributed by atoms with Gasteiger partial charge in [-0.05, 0) is 25.0 Å². The molecule has 1 atom stereocenters. The lowest BCUT2D eigenvalue weighted by Crippen LogP contribution is -2.41. The van der Waals surface area contributed by atoms with Crippen LogP contribution >= 0.6 is 11.6 Å². The summed E-state index contributed by atoms with van der Waals surface area (Å²) in [6.07, 6.45) is 2.78. The summed E-state index contributed by atoms with van der Waals surface area (Å²) in [4.78, 5) is 23.0. The van der Waals surface area contributed by atoms with Gasteiger partial charge in [0.1, 0.15) is 5.82 Å². The van der Waals surface area contributed by atoms with Gasteiger partial charge in [0.25, 0.3) is 0 Å². The minimum absolute atomic E-state index is 0.0317. The van der Waals surface area contributed by atoms with Crippen molar-refractivity contribution in [1.29, 1.82) is 0 Å². The zero-order chi connectivity index (χ0) is 15.9. The quantitative estimate of drug-likeness (QED) is 0.496. The number of amides is 2. The van der Waals surface area contributed by atoms with E-state index >= 15 is 0 Å². The maximum atomic E-state index is 13.4. The first-order valence-corrected chi connectivity index (χ1v) is 7.12. The number of carbonyl (C=O) groups is 2. The van der Waals surface area contributed by atoms with Gasteiger partial charge < -0.3 is 10.1 Å². The monoisotopic (exact) mass is 327 g/mol. The molecule has 2 rings (SSSR count). The molecule has 0 unspecified atom stereocenters. The molecule has 1 fully saturated rings. The van der Waals surface area contributed by atoms with E-state index in [4.69, 9.17) is 16.3 Å². The third-order valence-corrected chi connectivity index (χ3v) is 3.41. The van der Waals surface area contributed by atoms with Gasteiger partial charge in [-0.15, -0.1) is 0 Å². The normalized spacial score (nSPS) is 17.6. The van der Waals surface area contributed by atoms with E-state index in [2.05, 4.69) is 10.4 Å². The summed E-state index contributed by atoms with van der Waals surface area (Å²) in [6.45, 7) is 0.940. The molecule has 1 heterocycles. The maximum Gasteiger partial charge on any atom is 0.329 e. The predicted octanol–water partition coefficient (Wildman–Crippen LogP) is 1.22. The Bertz CT molecular complexity index is 568. The molecule has 118 valence electrons. The van der Waals surface area contributed by atoms with Crippen LogP contribution in [0.2, 0.25) is 5.02 Å². The standard InChI is InChI=1S/C14H15ClFN3O3/c15-11-4-1-5-12(16)10(11)8-18-19-14(21)13(20)17-7-9-3-2-6-22-9/h1,4-5,8-9H,2-3,6-7H2,(H,17,20)(H,19,21)/b18-8-/t9-/m1/s1. The summed E-state index contributed by atoms with van der Waals surface area (Å²) >= 11 is 5.79. The van der Waals surface area contributed by atoms with Gasteiger partial charge in [0.05, 0.1) is 17.3 Å². The average Bonchev–Trinajstić information content (AvgIpc) is 3.01. The number of benzene rings is 1. The molecule has 8 heteroatoms. The Morgan fingerprint density at radius 1 is 1.45 bits per heavy atom. The van der Waals surface area contributed by atoms with Crippen molar-refractivity contribution in [2.45, 2.75) is 18.9 Å². The molecular weight excluding hydrogens is 313 g/mol. The minimum Gasteiger partial charge on any atom is -0.376 e. The lowest BCUT2D eigenvalue weighted by atomic mass is 10.2. The van der Waals surface area contributed by atoms with Crippen molar-refractivity contribution in [3.05, 3.63) is 34.6 Å². The summed E-state index contributed by atoms with van der Waals surface area (Å²) in [5.41, 5.74) is 2.04. The van der Waals surface area contributed by atoms with Crippen molar-refractivity contribution in [2.24, 2.45) is 5.10 Å². The molecule has 1 saturated heterocycles. The van der Waals surface area contributed by atoms with Crippen LogP contribution in [0.25, 0.3) is 0 Å². The molecule has 0 bridgehead atoms. The third-order valence-electron chi connectivity index (χ3n) is 3.08. The topological polar surface area (TPSA) is 79.8 Å². The molecule has 0 spiro atoms. The Balaban J connectivity index is 1.81. The van der Waals surface area contributed by atoms with E-state index in [1.807, 2.05) is 5.43 Å². The molecule has 0 aliphatic carbocycles. The zero-order valence-corrected chi connectivity index (χ0v) is 12.4. The van der Waals surface area contributed by atoms with Crippen LogP contribution in [0.5, 0.6) is 0 Å². The van der Waals surface area contributed by atoms with Crippen molar-refractivity contribution in [1.82, 2.24) is 10.7 Å². The van der Waals surface area contributed by atoms with E-state index < -0.39 is 17.6 Å². The molecule has 1 aromatic rings. The van der Waals surface area contributed by atoms with E-state index in [-0.39, 0.29) is 23.2 Å². The molecule has 0 radical (unpaired) electrons. The van der Waals surface area contributed by atoms with Crippen LogP contribution in [0.1, 0.15) is 18.4 Å². The summed E-state index contributed by atoms with van der Waals surface area (Å²) in [7, 11) is 0. The Morgan fingerprint density at radius 3 is 2.95 bits per heavy atom. The van der Waals surface area contributed by atoms with E-state index in [1.165, 1.54) is 18.2 Å². The van der Waals surface area contributed by atoms with Crippen molar-refractivity contribution in [3.63, 3.8) is 0 Å². The second-order valence-corrected chi connectivity index (χ2v) is 5.09. The molecular formula is C14H15ClFN3O3. The number of ether oxygens (including phenoxy) is 1. The van der Waals surface area contributed by atoms with Gasteiger partial charge in [-0.1, -0.05) is 17.7 Å². The molecule has 1 aliphatic rings. The van der Waals surface area contributed by atoms with Crippen molar-refractivity contribution in [2.75, 3.05) is 13.2 Å². The summed E-state index contributed by atoms with van der Waals surface area (Å²) in [5, 5.41) is 6.12. The van der Waals surface area contributed by atoms with Crippen LogP contribution in [0.4, 0.5) is 4.39 Å². The highest BCUT2D eigenvalue weighted by Gasteiger charge is 2.19. The Labute approximate surface area is 131 Å². The second kappa shape index (κ2) is 7.86.